The van der Waals surface area contributed by atoms with Crippen molar-refractivity contribution in [1.29, 1.82) is 0 Å². The van der Waals surface area contributed by atoms with Crippen LogP contribution in [0.4, 0.5) is 0 Å². The predicted octanol–water partition coefficient (Wildman–Crippen LogP) is 2.09. The molecule has 4 heteroatoms. The van der Waals surface area contributed by atoms with Gasteiger partial charge in [0, 0.05) is 22.8 Å². The fourth-order valence-corrected chi connectivity index (χ4v) is 1.88. The van der Waals surface area contributed by atoms with E-state index in [1.54, 1.807) is 0 Å². The molecule has 1 atom stereocenters. The highest BCUT2D eigenvalue weighted by Crippen LogP contribution is 2.09. The minimum atomic E-state index is 0.284. The standard InChI is InChI=1S/C12H19IN2O/c1-2-16-8-7-12(15-14)9-10-3-5-11(13)6-4-10/h3-6,12,15H,2,7-9,14H2,1H3. The van der Waals surface area contributed by atoms with Crippen LogP contribution < -0.4 is 11.3 Å². The van der Waals surface area contributed by atoms with E-state index in [-0.39, 0.29) is 6.04 Å². The molecule has 1 aromatic rings. The summed E-state index contributed by atoms with van der Waals surface area (Å²) in [5.41, 5.74) is 4.15. The van der Waals surface area contributed by atoms with Gasteiger partial charge in [-0.25, -0.2) is 0 Å². The van der Waals surface area contributed by atoms with E-state index in [1.165, 1.54) is 9.13 Å². The van der Waals surface area contributed by atoms with Crippen LogP contribution in [0.1, 0.15) is 18.9 Å². The average molecular weight is 334 g/mol. The quantitative estimate of drug-likeness (QED) is 0.347. The number of benzene rings is 1. The molecule has 0 saturated carbocycles. The first-order valence-electron chi connectivity index (χ1n) is 5.54. The van der Waals surface area contributed by atoms with Crippen molar-refractivity contribution in [3.05, 3.63) is 33.4 Å². The van der Waals surface area contributed by atoms with Crippen molar-refractivity contribution in [1.82, 2.24) is 5.43 Å². The Labute approximate surface area is 111 Å². The minimum absolute atomic E-state index is 0.284. The van der Waals surface area contributed by atoms with Gasteiger partial charge in [0.2, 0.25) is 0 Å². The molecular weight excluding hydrogens is 315 g/mol. The topological polar surface area (TPSA) is 47.3 Å². The number of rotatable bonds is 7. The maximum Gasteiger partial charge on any atom is 0.0481 e. The van der Waals surface area contributed by atoms with Crippen LogP contribution in [0.2, 0.25) is 0 Å². The molecule has 3 nitrogen and oxygen atoms in total. The van der Waals surface area contributed by atoms with E-state index in [9.17, 15) is 0 Å². The number of halogens is 1. The van der Waals surface area contributed by atoms with Crippen LogP contribution >= 0.6 is 22.6 Å². The third kappa shape index (κ3) is 5.25. The van der Waals surface area contributed by atoms with Crippen LogP contribution in [0, 0.1) is 3.57 Å². The molecule has 3 N–H and O–H groups in total. The van der Waals surface area contributed by atoms with Crippen LogP contribution in [0.15, 0.2) is 24.3 Å². The van der Waals surface area contributed by atoms with Crippen molar-refractivity contribution in [2.45, 2.75) is 25.8 Å². The SMILES string of the molecule is CCOCCC(Cc1ccc(I)cc1)NN. The Hall–Kier alpha value is -0.170. The van der Waals surface area contributed by atoms with Gasteiger partial charge in [0.15, 0.2) is 0 Å². The number of hydrogen-bond donors (Lipinski definition) is 2. The zero-order valence-corrected chi connectivity index (χ0v) is 11.7. The Balaban J connectivity index is 2.40. The zero-order valence-electron chi connectivity index (χ0n) is 9.58. The van der Waals surface area contributed by atoms with Gasteiger partial charge >= 0.3 is 0 Å². The fourth-order valence-electron chi connectivity index (χ4n) is 1.52. The van der Waals surface area contributed by atoms with E-state index in [0.717, 1.165) is 26.1 Å². The van der Waals surface area contributed by atoms with Gasteiger partial charge in [-0.1, -0.05) is 12.1 Å². The first kappa shape index (κ1) is 13.9. The zero-order chi connectivity index (χ0) is 11.8. The van der Waals surface area contributed by atoms with Gasteiger partial charge in [-0.2, -0.15) is 0 Å². The predicted molar refractivity (Wildman–Crippen MR) is 75.1 cm³/mol. The maximum atomic E-state index is 5.53. The lowest BCUT2D eigenvalue weighted by molar-refractivity contribution is 0.136. The summed E-state index contributed by atoms with van der Waals surface area (Å²) >= 11 is 2.31. The van der Waals surface area contributed by atoms with Gasteiger partial charge in [-0.3, -0.25) is 11.3 Å². The first-order chi connectivity index (χ1) is 7.76. The summed E-state index contributed by atoms with van der Waals surface area (Å²) in [4.78, 5) is 0. The number of nitrogens with two attached hydrogens (primary N) is 1. The Morgan fingerprint density at radius 3 is 2.62 bits per heavy atom. The van der Waals surface area contributed by atoms with Gasteiger partial charge in [-0.05, 0) is 60.1 Å². The number of hydrogen-bond acceptors (Lipinski definition) is 3. The van der Waals surface area contributed by atoms with E-state index < -0.39 is 0 Å². The molecule has 1 unspecified atom stereocenters. The van der Waals surface area contributed by atoms with Crippen molar-refractivity contribution < 1.29 is 4.74 Å². The molecule has 0 aliphatic rings. The van der Waals surface area contributed by atoms with Gasteiger partial charge in [0.1, 0.15) is 0 Å². The van der Waals surface area contributed by atoms with Gasteiger partial charge < -0.3 is 4.74 Å². The summed E-state index contributed by atoms with van der Waals surface area (Å²) in [6.45, 7) is 3.53. The van der Waals surface area contributed by atoms with Crippen molar-refractivity contribution in [3.8, 4) is 0 Å². The first-order valence-corrected chi connectivity index (χ1v) is 6.62. The Morgan fingerprint density at radius 1 is 1.38 bits per heavy atom. The molecule has 0 radical (unpaired) electrons. The van der Waals surface area contributed by atoms with Crippen LogP contribution in [0.3, 0.4) is 0 Å². The molecule has 90 valence electrons. The second-order valence-electron chi connectivity index (χ2n) is 3.68. The van der Waals surface area contributed by atoms with E-state index in [1.807, 2.05) is 6.92 Å². The molecule has 0 spiro atoms. The monoisotopic (exact) mass is 334 g/mol. The highest BCUT2D eigenvalue weighted by Gasteiger charge is 2.07. The number of nitrogens with one attached hydrogen (secondary N) is 1. The fraction of sp³-hybridized carbons (Fsp3) is 0.500. The summed E-state index contributed by atoms with van der Waals surface area (Å²) in [6.07, 6.45) is 1.89. The van der Waals surface area contributed by atoms with Crippen molar-refractivity contribution in [3.63, 3.8) is 0 Å². The average Bonchev–Trinajstić information content (AvgIpc) is 2.31. The Morgan fingerprint density at radius 2 is 2.06 bits per heavy atom. The summed E-state index contributed by atoms with van der Waals surface area (Å²) in [6, 6.07) is 8.81. The van der Waals surface area contributed by atoms with Gasteiger partial charge in [0.05, 0.1) is 0 Å². The molecule has 0 fully saturated rings. The lowest BCUT2D eigenvalue weighted by atomic mass is 10.0. The summed E-state index contributed by atoms with van der Waals surface area (Å²) in [7, 11) is 0. The summed E-state index contributed by atoms with van der Waals surface area (Å²) in [5, 5.41) is 0. The molecule has 0 saturated heterocycles. The second-order valence-corrected chi connectivity index (χ2v) is 4.93. The minimum Gasteiger partial charge on any atom is -0.382 e. The molecule has 0 heterocycles. The van der Waals surface area contributed by atoms with E-state index in [4.69, 9.17) is 10.6 Å². The third-order valence-electron chi connectivity index (χ3n) is 2.45. The highest BCUT2D eigenvalue weighted by atomic mass is 127. The van der Waals surface area contributed by atoms with Crippen LogP contribution in [-0.4, -0.2) is 19.3 Å². The molecule has 1 rings (SSSR count). The summed E-state index contributed by atoms with van der Waals surface area (Å²) in [5.74, 6) is 5.53. The molecular formula is C12H19IN2O. The number of hydrazine groups is 1. The van der Waals surface area contributed by atoms with Crippen LogP contribution in [-0.2, 0) is 11.2 Å². The highest BCUT2D eigenvalue weighted by molar-refractivity contribution is 14.1. The van der Waals surface area contributed by atoms with E-state index in [0.29, 0.717) is 0 Å². The van der Waals surface area contributed by atoms with Crippen LogP contribution in [0.5, 0.6) is 0 Å². The van der Waals surface area contributed by atoms with E-state index in [2.05, 4.69) is 52.3 Å². The molecule has 16 heavy (non-hydrogen) atoms. The van der Waals surface area contributed by atoms with E-state index >= 15 is 0 Å². The second kappa shape index (κ2) is 8.00. The molecule has 0 aromatic heterocycles. The maximum absolute atomic E-state index is 5.53. The largest absolute Gasteiger partial charge is 0.382 e. The molecule has 0 bridgehead atoms. The van der Waals surface area contributed by atoms with Gasteiger partial charge in [-0.15, -0.1) is 0 Å². The van der Waals surface area contributed by atoms with Crippen LogP contribution in [0.25, 0.3) is 0 Å². The number of ether oxygens (including phenoxy) is 1. The summed E-state index contributed by atoms with van der Waals surface area (Å²) < 4.78 is 6.58. The lowest BCUT2D eigenvalue weighted by Crippen LogP contribution is -2.37. The lowest BCUT2D eigenvalue weighted by Gasteiger charge is -2.15. The molecule has 0 aliphatic heterocycles. The van der Waals surface area contributed by atoms with Crippen molar-refractivity contribution >= 4 is 22.6 Å². The molecule has 0 aliphatic carbocycles. The van der Waals surface area contributed by atoms with Crippen molar-refractivity contribution in [2.75, 3.05) is 13.2 Å². The van der Waals surface area contributed by atoms with Crippen molar-refractivity contribution in [2.24, 2.45) is 5.84 Å². The Kier molecular flexibility index (Phi) is 6.95. The Bertz CT molecular complexity index is 290. The molecule has 1 aromatic carbocycles. The molecule has 0 amide bonds. The van der Waals surface area contributed by atoms with Gasteiger partial charge in [0.25, 0.3) is 0 Å². The third-order valence-corrected chi connectivity index (χ3v) is 3.17. The smallest absolute Gasteiger partial charge is 0.0481 e. The normalized spacial score (nSPS) is 12.7.